The van der Waals surface area contributed by atoms with Gasteiger partial charge in [-0.05, 0) is 35.9 Å². The maximum atomic E-state index is 11.8. The third-order valence-corrected chi connectivity index (χ3v) is 5.22. The van der Waals surface area contributed by atoms with Crippen LogP contribution in [-0.2, 0) is 9.53 Å². The van der Waals surface area contributed by atoms with Gasteiger partial charge in [0.2, 0.25) is 0 Å². The van der Waals surface area contributed by atoms with Crippen LogP contribution in [0.15, 0.2) is 46.9 Å². The van der Waals surface area contributed by atoms with Crippen LogP contribution in [-0.4, -0.2) is 13.1 Å². The van der Waals surface area contributed by atoms with Crippen molar-refractivity contribution in [1.82, 2.24) is 0 Å². The topological polar surface area (TPSA) is 47.6 Å². The van der Waals surface area contributed by atoms with Gasteiger partial charge in [-0.3, -0.25) is 4.79 Å². The fraction of sp³-hybridized carbons (Fsp3) is 0.350. The molecule has 2 aromatic carbocycles. The van der Waals surface area contributed by atoms with E-state index >= 15 is 0 Å². The fourth-order valence-electron chi connectivity index (χ4n) is 3.49. The Morgan fingerprint density at radius 1 is 1.20 bits per heavy atom. The number of esters is 1. The van der Waals surface area contributed by atoms with Crippen molar-refractivity contribution in [1.29, 1.82) is 0 Å². The Morgan fingerprint density at radius 2 is 1.96 bits per heavy atom. The number of ether oxygens (including phenoxy) is 2. The van der Waals surface area contributed by atoms with Crippen molar-refractivity contribution in [3.63, 3.8) is 0 Å². The molecule has 1 heterocycles. The highest BCUT2D eigenvalue weighted by atomic mass is 79.9. The zero-order valence-electron chi connectivity index (χ0n) is 14.8. The van der Waals surface area contributed by atoms with E-state index in [9.17, 15) is 4.79 Å². The molecule has 1 aliphatic rings. The Bertz CT molecular complexity index is 803. The predicted molar refractivity (Wildman–Crippen MR) is 102 cm³/mol. The summed E-state index contributed by atoms with van der Waals surface area (Å²) >= 11 is 3.54. The quantitative estimate of drug-likeness (QED) is 0.710. The molecule has 0 saturated carbocycles. The van der Waals surface area contributed by atoms with Gasteiger partial charge < -0.3 is 14.8 Å². The van der Waals surface area contributed by atoms with E-state index < -0.39 is 0 Å². The van der Waals surface area contributed by atoms with Crippen molar-refractivity contribution < 1.29 is 14.3 Å². The molecule has 0 radical (unpaired) electrons. The van der Waals surface area contributed by atoms with Crippen molar-refractivity contribution in [3.8, 4) is 5.75 Å². The number of halogens is 1. The minimum absolute atomic E-state index is 0.00440. The van der Waals surface area contributed by atoms with Crippen LogP contribution in [0.5, 0.6) is 5.75 Å². The summed E-state index contributed by atoms with van der Waals surface area (Å²) in [5.41, 5.74) is 2.67. The van der Waals surface area contributed by atoms with Gasteiger partial charge in [0.25, 0.3) is 0 Å². The molecule has 0 bridgehead atoms. The van der Waals surface area contributed by atoms with Crippen LogP contribution in [0, 0.1) is 5.41 Å². The molecule has 1 N–H and O–H groups in total. The van der Waals surface area contributed by atoms with Crippen molar-refractivity contribution in [2.45, 2.75) is 32.9 Å². The first-order valence-electron chi connectivity index (χ1n) is 8.20. The molecular formula is C20H22BrNO3. The summed E-state index contributed by atoms with van der Waals surface area (Å²) in [6, 6.07) is 14.0. The summed E-state index contributed by atoms with van der Waals surface area (Å²) in [5, 5.41) is 3.62. The summed E-state index contributed by atoms with van der Waals surface area (Å²) in [5.74, 6) is 0.455. The molecule has 2 aromatic rings. The molecule has 0 spiro atoms. The maximum Gasteiger partial charge on any atom is 0.303 e. The van der Waals surface area contributed by atoms with Gasteiger partial charge in [-0.25, -0.2) is 0 Å². The first-order valence-corrected chi connectivity index (χ1v) is 8.99. The second-order valence-corrected chi connectivity index (χ2v) is 7.81. The Balaban J connectivity index is 2.13. The van der Waals surface area contributed by atoms with E-state index in [0.29, 0.717) is 0 Å². The predicted octanol–water partition coefficient (Wildman–Crippen LogP) is 5.25. The summed E-state index contributed by atoms with van der Waals surface area (Å²) in [6.07, 6.45) is -0.375. The van der Waals surface area contributed by atoms with E-state index in [2.05, 4.69) is 47.2 Å². The zero-order chi connectivity index (χ0) is 18.2. The van der Waals surface area contributed by atoms with Gasteiger partial charge in [-0.15, -0.1) is 0 Å². The lowest BCUT2D eigenvalue weighted by Crippen LogP contribution is -2.40. The molecule has 0 fully saturated rings. The Kier molecular flexibility index (Phi) is 4.78. The highest BCUT2D eigenvalue weighted by Crippen LogP contribution is 2.53. The van der Waals surface area contributed by atoms with Crippen molar-refractivity contribution in [2.75, 3.05) is 12.4 Å². The number of anilines is 1. The molecule has 0 unspecified atom stereocenters. The number of methoxy groups -OCH3 is 1. The lowest BCUT2D eigenvalue weighted by Gasteiger charge is -2.46. The number of fused-ring (bicyclic) bond motifs is 1. The van der Waals surface area contributed by atoms with Crippen molar-refractivity contribution >= 4 is 27.6 Å². The normalized spacial score (nSPS) is 21.0. The first-order chi connectivity index (χ1) is 11.8. The van der Waals surface area contributed by atoms with Gasteiger partial charge in [0.1, 0.15) is 11.9 Å². The van der Waals surface area contributed by atoms with Gasteiger partial charge in [0.15, 0.2) is 0 Å². The highest BCUT2D eigenvalue weighted by Gasteiger charge is 2.46. The van der Waals surface area contributed by atoms with Crippen molar-refractivity contribution in [3.05, 3.63) is 58.1 Å². The third kappa shape index (κ3) is 3.38. The van der Waals surface area contributed by atoms with Crippen LogP contribution in [0.2, 0.25) is 0 Å². The van der Waals surface area contributed by atoms with E-state index in [1.165, 1.54) is 6.92 Å². The Labute approximate surface area is 156 Å². The van der Waals surface area contributed by atoms with Gasteiger partial charge in [0.05, 0.1) is 13.2 Å². The number of hydrogen-bond donors (Lipinski definition) is 1. The molecule has 1 aliphatic heterocycles. The van der Waals surface area contributed by atoms with Gasteiger partial charge in [-0.1, -0.05) is 41.9 Å². The van der Waals surface area contributed by atoms with Crippen LogP contribution >= 0.6 is 15.9 Å². The highest BCUT2D eigenvalue weighted by molar-refractivity contribution is 9.10. The standard InChI is InChI=1S/C20H22BrNO3/c1-12(23)25-19-16-11-15(24-4)8-9-17(16)22-18(20(19,2)3)13-6-5-7-14(21)10-13/h5-11,18-19,22H,1-4H3/t18-,19-/m0/s1. The summed E-state index contributed by atoms with van der Waals surface area (Å²) in [4.78, 5) is 11.8. The molecule has 132 valence electrons. The van der Waals surface area contributed by atoms with Crippen LogP contribution in [0.3, 0.4) is 0 Å². The average molecular weight is 404 g/mol. The van der Waals surface area contributed by atoms with E-state index in [0.717, 1.165) is 27.0 Å². The Morgan fingerprint density at radius 3 is 2.60 bits per heavy atom. The number of carbonyl (C=O) groups excluding carboxylic acids is 1. The zero-order valence-corrected chi connectivity index (χ0v) is 16.4. The number of benzene rings is 2. The summed E-state index contributed by atoms with van der Waals surface area (Å²) < 4.78 is 12.1. The molecule has 0 aliphatic carbocycles. The van der Waals surface area contributed by atoms with E-state index in [4.69, 9.17) is 9.47 Å². The lowest BCUT2D eigenvalue weighted by atomic mass is 9.70. The number of nitrogens with one attached hydrogen (secondary N) is 1. The first kappa shape index (κ1) is 17.8. The van der Waals surface area contributed by atoms with E-state index in [1.54, 1.807) is 7.11 Å². The monoisotopic (exact) mass is 403 g/mol. The van der Waals surface area contributed by atoms with E-state index in [-0.39, 0.29) is 23.5 Å². The largest absolute Gasteiger partial charge is 0.497 e. The molecule has 0 amide bonds. The summed E-state index contributed by atoms with van der Waals surface area (Å²) in [6.45, 7) is 5.68. The average Bonchev–Trinajstić information content (AvgIpc) is 2.56. The minimum atomic E-state index is -0.375. The number of rotatable bonds is 3. The minimum Gasteiger partial charge on any atom is -0.497 e. The van der Waals surface area contributed by atoms with Gasteiger partial charge in [0, 0.05) is 28.1 Å². The molecule has 5 heteroatoms. The summed E-state index contributed by atoms with van der Waals surface area (Å²) in [7, 11) is 1.63. The van der Waals surface area contributed by atoms with Crippen LogP contribution in [0.1, 0.15) is 44.0 Å². The van der Waals surface area contributed by atoms with Crippen LogP contribution < -0.4 is 10.1 Å². The van der Waals surface area contributed by atoms with Crippen LogP contribution in [0.25, 0.3) is 0 Å². The lowest BCUT2D eigenvalue weighted by molar-refractivity contribution is -0.154. The second kappa shape index (κ2) is 6.71. The SMILES string of the molecule is COc1ccc2c(c1)[C@H](OC(C)=O)C(C)(C)[C@H](c1cccc(Br)c1)N2. The molecule has 25 heavy (non-hydrogen) atoms. The molecule has 3 rings (SSSR count). The molecule has 4 nitrogen and oxygen atoms in total. The smallest absolute Gasteiger partial charge is 0.303 e. The molecule has 2 atom stereocenters. The molecule has 0 aromatic heterocycles. The van der Waals surface area contributed by atoms with Crippen molar-refractivity contribution in [2.24, 2.45) is 5.41 Å². The second-order valence-electron chi connectivity index (χ2n) is 6.90. The maximum absolute atomic E-state index is 11.8. The Hall–Kier alpha value is -2.01. The van der Waals surface area contributed by atoms with Crippen LogP contribution in [0.4, 0.5) is 5.69 Å². The number of carbonyl (C=O) groups is 1. The number of hydrogen-bond acceptors (Lipinski definition) is 4. The molecular weight excluding hydrogens is 382 g/mol. The van der Waals surface area contributed by atoms with Gasteiger partial charge in [-0.2, -0.15) is 0 Å². The van der Waals surface area contributed by atoms with E-state index in [1.807, 2.05) is 30.3 Å². The fourth-order valence-corrected chi connectivity index (χ4v) is 3.91. The third-order valence-electron chi connectivity index (χ3n) is 4.73. The van der Waals surface area contributed by atoms with Gasteiger partial charge >= 0.3 is 5.97 Å². The molecule has 0 saturated heterocycles.